The highest BCUT2D eigenvalue weighted by atomic mass is 32.2. The number of hydrogen-bond acceptors (Lipinski definition) is 3. The van der Waals surface area contributed by atoms with Gasteiger partial charge in [0.2, 0.25) is 0 Å². The van der Waals surface area contributed by atoms with Gasteiger partial charge in [-0.05, 0) is 22.9 Å². The summed E-state index contributed by atoms with van der Waals surface area (Å²) in [7, 11) is 0.152. The Balaban J connectivity index is 2.19. The minimum atomic E-state index is -1.19. The fraction of sp³-hybridized carbons (Fsp3) is 0.267. The van der Waals surface area contributed by atoms with Crippen LogP contribution in [0.4, 0.5) is 0 Å². The van der Waals surface area contributed by atoms with E-state index in [1.54, 1.807) is 6.92 Å². The second kappa shape index (κ2) is 5.97. The van der Waals surface area contributed by atoms with Gasteiger partial charge in [-0.3, -0.25) is 9.00 Å². The van der Waals surface area contributed by atoms with Crippen molar-refractivity contribution >= 4 is 27.5 Å². The molecule has 0 aliphatic heterocycles. The molecule has 19 heavy (non-hydrogen) atoms. The van der Waals surface area contributed by atoms with Crippen molar-refractivity contribution in [3.05, 3.63) is 42.5 Å². The lowest BCUT2D eigenvalue weighted by Gasteiger charge is -2.09. The van der Waals surface area contributed by atoms with Crippen molar-refractivity contribution in [1.29, 1.82) is 0 Å². The molecule has 0 aromatic heterocycles. The molecule has 0 fully saturated rings. The van der Waals surface area contributed by atoms with Crippen LogP contribution in [0.25, 0.3) is 10.8 Å². The number of fused-ring (bicyclic) bond motifs is 1. The topological polar surface area (TPSA) is 43.4 Å². The summed E-state index contributed by atoms with van der Waals surface area (Å²) >= 11 is 0. The Morgan fingerprint density at radius 2 is 1.89 bits per heavy atom. The minimum Gasteiger partial charge on any atom is -0.469 e. The summed E-state index contributed by atoms with van der Waals surface area (Å²) in [5, 5.41) is 2.17. The monoisotopic (exact) mass is 276 g/mol. The van der Waals surface area contributed by atoms with Crippen LogP contribution in [-0.2, 0) is 20.3 Å². The SMILES string of the molecule is COC(=O)[C@H](C)CS(=O)c1ccc2ccccc2c1. The maximum atomic E-state index is 12.2. The molecule has 3 nitrogen and oxygen atoms in total. The molecule has 2 aromatic carbocycles. The maximum Gasteiger partial charge on any atom is 0.309 e. The average Bonchev–Trinajstić information content (AvgIpc) is 2.45. The summed E-state index contributed by atoms with van der Waals surface area (Å²) in [5.41, 5.74) is 0. The smallest absolute Gasteiger partial charge is 0.309 e. The van der Waals surface area contributed by atoms with E-state index in [2.05, 4.69) is 4.74 Å². The molecule has 0 radical (unpaired) electrons. The molecule has 0 heterocycles. The van der Waals surface area contributed by atoms with Crippen LogP contribution in [0.5, 0.6) is 0 Å². The summed E-state index contributed by atoms with van der Waals surface area (Å²) in [6.45, 7) is 1.73. The zero-order valence-electron chi connectivity index (χ0n) is 11.0. The summed E-state index contributed by atoms with van der Waals surface area (Å²) < 4.78 is 16.9. The molecule has 0 amide bonds. The second-order valence-corrected chi connectivity index (χ2v) is 5.94. The number of benzene rings is 2. The van der Waals surface area contributed by atoms with Gasteiger partial charge in [-0.1, -0.05) is 37.3 Å². The van der Waals surface area contributed by atoms with Crippen LogP contribution in [0.15, 0.2) is 47.4 Å². The third-order valence-corrected chi connectivity index (χ3v) is 4.57. The van der Waals surface area contributed by atoms with Gasteiger partial charge in [-0.25, -0.2) is 0 Å². The van der Waals surface area contributed by atoms with Crippen molar-refractivity contribution < 1.29 is 13.7 Å². The lowest BCUT2D eigenvalue weighted by molar-refractivity contribution is -0.144. The van der Waals surface area contributed by atoms with E-state index in [4.69, 9.17) is 0 Å². The number of esters is 1. The molecule has 2 rings (SSSR count). The van der Waals surface area contributed by atoms with Gasteiger partial charge in [0.05, 0.1) is 23.8 Å². The Hall–Kier alpha value is -1.68. The highest BCUT2D eigenvalue weighted by molar-refractivity contribution is 7.85. The van der Waals surface area contributed by atoms with E-state index < -0.39 is 10.8 Å². The van der Waals surface area contributed by atoms with Crippen LogP contribution < -0.4 is 0 Å². The van der Waals surface area contributed by atoms with E-state index in [1.165, 1.54) is 7.11 Å². The fourth-order valence-corrected chi connectivity index (χ4v) is 3.16. The third kappa shape index (κ3) is 3.20. The number of methoxy groups -OCH3 is 1. The van der Waals surface area contributed by atoms with Crippen LogP contribution in [-0.4, -0.2) is 23.0 Å². The van der Waals surface area contributed by atoms with Crippen LogP contribution in [0.1, 0.15) is 6.92 Å². The molecule has 0 N–H and O–H groups in total. The summed E-state index contributed by atoms with van der Waals surface area (Å²) in [6, 6.07) is 13.6. The Bertz CT molecular complexity index is 622. The van der Waals surface area contributed by atoms with E-state index in [1.807, 2.05) is 42.5 Å². The maximum absolute atomic E-state index is 12.2. The largest absolute Gasteiger partial charge is 0.469 e. The Labute approximate surface area is 115 Å². The predicted molar refractivity (Wildman–Crippen MR) is 76.4 cm³/mol. The predicted octanol–water partition coefficient (Wildman–Crippen LogP) is 2.76. The standard InChI is InChI=1S/C15H16O3S/c1-11(15(16)18-2)10-19(17)14-8-7-12-5-3-4-6-13(12)9-14/h3-9,11H,10H2,1-2H3/t11-,19?/m1/s1. The van der Waals surface area contributed by atoms with Gasteiger partial charge >= 0.3 is 5.97 Å². The van der Waals surface area contributed by atoms with Crippen LogP contribution in [0.3, 0.4) is 0 Å². The molecular formula is C15H16O3S. The first-order valence-electron chi connectivity index (χ1n) is 6.07. The molecule has 0 aliphatic carbocycles. The zero-order chi connectivity index (χ0) is 13.8. The molecule has 0 aliphatic rings. The Kier molecular flexibility index (Phi) is 4.32. The first kappa shape index (κ1) is 13.7. The molecule has 0 saturated carbocycles. The first-order chi connectivity index (χ1) is 9.11. The Morgan fingerprint density at radius 1 is 1.21 bits per heavy atom. The van der Waals surface area contributed by atoms with Gasteiger partial charge in [0, 0.05) is 10.6 Å². The summed E-state index contributed by atoms with van der Waals surface area (Å²) in [6.07, 6.45) is 0. The molecule has 0 spiro atoms. The molecule has 2 aromatic rings. The highest BCUT2D eigenvalue weighted by Gasteiger charge is 2.17. The van der Waals surface area contributed by atoms with E-state index in [0.29, 0.717) is 0 Å². The quantitative estimate of drug-likeness (QED) is 0.806. The van der Waals surface area contributed by atoms with E-state index in [9.17, 15) is 9.00 Å². The molecule has 4 heteroatoms. The van der Waals surface area contributed by atoms with Crippen LogP contribution >= 0.6 is 0 Å². The van der Waals surface area contributed by atoms with E-state index in [-0.39, 0.29) is 17.6 Å². The van der Waals surface area contributed by atoms with Gasteiger partial charge in [0.15, 0.2) is 0 Å². The fourth-order valence-electron chi connectivity index (χ4n) is 1.90. The lowest BCUT2D eigenvalue weighted by Crippen LogP contribution is -2.19. The van der Waals surface area contributed by atoms with Gasteiger partial charge < -0.3 is 4.74 Å². The third-order valence-electron chi connectivity index (χ3n) is 2.99. The normalized spacial score (nSPS) is 14.0. The van der Waals surface area contributed by atoms with Crippen LogP contribution in [0.2, 0.25) is 0 Å². The van der Waals surface area contributed by atoms with E-state index in [0.717, 1.165) is 15.7 Å². The van der Waals surface area contributed by atoms with Gasteiger partial charge in [-0.15, -0.1) is 0 Å². The van der Waals surface area contributed by atoms with Gasteiger partial charge in [0.1, 0.15) is 0 Å². The average molecular weight is 276 g/mol. The minimum absolute atomic E-state index is 0.283. The van der Waals surface area contributed by atoms with Crippen molar-refractivity contribution in [3.63, 3.8) is 0 Å². The molecule has 1 unspecified atom stereocenters. The van der Waals surface area contributed by atoms with Gasteiger partial charge in [-0.2, -0.15) is 0 Å². The van der Waals surface area contributed by atoms with Crippen molar-refractivity contribution in [1.82, 2.24) is 0 Å². The lowest BCUT2D eigenvalue weighted by atomic mass is 10.1. The number of rotatable bonds is 4. The van der Waals surface area contributed by atoms with Crippen molar-refractivity contribution in [2.24, 2.45) is 5.92 Å². The van der Waals surface area contributed by atoms with Crippen molar-refractivity contribution in [2.45, 2.75) is 11.8 Å². The molecule has 2 atom stereocenters. The van der Waals surface area contributed by atoms with Crippen LogP contribution in [0, 0.1) is 5.92 Å². The Morgan fingerprint density at radius 3 is 2.58 bits per heavy atom. The second-order valence-electron chi connectivity index (χ2n) is 4.45. The first-order valence-corrected chi connectivity index (χ1v) is 7.38. The van der Waals surface area contributed by atoms with Crippen molar-refractivity contribution in [2.75, 3.05) is 12.9 Å². The van der Waals surface area contributed by atoms with E-state index >= 15 is 0 Å². The molecule has 0 saturated heterocycles. The van der Waals surface area contributed by atoms with Gasteiger partial charge in [0.25, 0.3) is 0 Å². The number of carbonyl (C=O) groups excluding carboxylic acids is 1. The van der Waals surface area contributed by atoms with Crippen molar-refractivity contribution in [3.8, 4) is 0 Å². The zero-order valence-corrected chi connectivity index (χ0v) is 11.8. The molecular weight excluding hydrogens is 260 g/mol. The molecule has 0 bridgehead atoms. The summed E-state index contributed by atoms with van der Waals surface area (Å²) in [5.74, 6) is -0.406. The number of ether oxygens (including phenoxy) is 1. The highest BCUT2D eigenvalue weighted by Crippen LogP contribution is 2.19. The summed E-state index contributed by atoms with van der Waals surface area (Å²) in [4.78, 5) is 12.1. The number of hydrogen-bond donors (Lipinski definition) is 0. The number of carbonyl (C=O) groups is 1. The molecule has 100 valence electrons.